The van der Waals surface area contributed by atoms with E-state index in [0.717, 1.165) is 37.2 Å². The molecule has 156 valence electrons. The summed E-state index contributed by atoms with van der Waals surface area (Å²) in [6.45, 7) is 3.17. The summed E-state index contributed by atoms with van der Waals surface area (Å²) >= 11 is 0. The largest absolute Gasteiger partial charge is 0.445 e. The van der Waals surface area contributed by atoms with Gasteiger partial charge in [-0.05, 0) is 55.7 Å². The van der Waals surface area contributed by atoms with Gasteiger partial charge in [0.1, 0.15) is 0 Å². The van der Waals surface area contributed by atoms with Gasteiger partial charge in [-0.25, -0.2) is 4.79 Å². The van der Waals surface area contributed by atoms with E-state index < -0.39 is 11.6 Å². The number of benzene rings is 2. The molecule has 0 saturated carbocycles. The Hall–Kier alpha value is -3.35. The van der Waals surface area contributed by atoms with Gasteiger partial charge < -0.3 is 20.7 Å². The van der Waals surface area contributed by atoms with E-state index in [1.165, 1.54) is 0 Å². The van der Waals surface area contributed by atoms with Crippen molar-refractivity contribution in [2.45, 2.75) is 31.8 Å². The SMILES string of the molecule is CC1(C(=O)Nc2ccc(N3CCC(C(N)=O)CC3)cc2)Cc2ccccc2C(=O)O1. The van der Waals surface area contributed by atoms with Crippen molar-refractivity contribution in [3.8, 4) is 0 Å². The first-order chi connectivity index (χ1) is 14.4. The molecule has 2 aromatic rings. The number of ether oxygens (including phenoxy) is 1. The Morgan fingerprint density at radius 3 is 2.43 bits per heavy atom. The van der Waals surface area contributed by atoms with Crippen LogP contribution in [0.25, 0.3) is 0 Å². The number of piperidine rings is 1. The van der Waals surface area contributed by atoms with Crippen molar-refractivity contribution in [2.75, 3.05) is 23.3 Å². The lowest BCUT2D eigenvalue weighted by Crippen LogP contribution is -2.48. The Morgan fingerprint density at radius 2 is 1.77 bits per heavy atom. The molecule has 3 N–H and O–H groups in total. The number of anilines is 2. The topological polar surface area (TPSA) is 102 Å². The van der Waals surface area contributed by atoms with Gasteiger partial charge in [0.05, 0.1) is 5.56 Å². The first-order valence-electron chi connectivity index (χ1n) is 10.1. The monoisotopic (exact) mass is 407 g/mol. The van der Waals surface area contributed by atoms with Crippen LogP contribution in [0.2, 0.25) is 0 Å². The van der Waals surface area contributed by atoms with Crippen LogP contribution in [0.1, 0.15) is 35.7 Å². The van der Waals surface area contributed by atoms with Gasteiger partial charge in [0, 0.05) is 36.8 Å². The van der Waals surface area contributed by atoms with Crippen molar-refractivity contribution in [3.63, 3.8) is 0 Å². The molecule has 1 atom stereocenters. The third-order valence-corrected chi connectivity index (χ3v) is 5.95. The lowest BCUT2D eigenvalue weighted by molar-refractivity contribution is -0.134. The summed E-state index contributed by atoms with van der Waals surface area (Å²) in [6.07, 6.45) is 1.83. The van der Waals surface area contributed by atoms with Crippen LogP contribution in [0.15, 0.2) is 48.5 Å². The maximum absolute atomic E-state index is 12.9. The summed E-state index contributed by atoms with van der Waals surface area (Å²) in [5.74, 6) is -1.12. The third-order valence-electron chi connectivity index (χ3n) is 5.95. The number of fused-ring (bicyclic) bond motifs is 1. The molecule has 30 heavy (non-hydrogen) atoms. The zero-order chi connectivity index (χ0) is 21.3. The van der Waals surface area contributed by atoms with E-state index in [1.54, 1.807) is 19.1 Å². The van der Waals surface area contributed by atoms with Gasteiger partial charge in [0.25, 0.3) is 5.91 Å². The minimum atomic E-state index is -1.26. The average molecular weight is 407 g/mol. The van der Waals surface area contributed by atoms with Gasteiger partial charge in [0.2, 0.25) is 5.91 Å². The molecule has 0 bridgehead atoms. The highest BCUT2D eigenvalue weighted by atomic mass is 16.6. The molecule has 2 aliphatic heterocycles. The van der Waals surface area contributed by atoms with Crippen LogP contribution in [-0.2, 0) is 20.7 Å². The Bertz CT molecular complexity index is 980. The van der Waals surface area contributed by atoms with Gasteiger partial charge in [-0.15, -0.1) is 0 Å². The number of esters is 1. The first-order valence-corrected chi connectivity index (χ1v) is 10.1. The third kappa shape index (κ3) is 3.87. The van der Waals surface area contributed by atoms with E-state index in [-0.39, 0.29) is 17.7 Å². The minimum Gasteiger partial charge on any atom is -0.445 e. The summed E-state index contributed by atoms with van der Waals surface area (Å²) in [6, 6.07) is 14.7. The highest BCUT2D eigenvalue weighted by molar-refractivity contribution is 6.02. The Labute approximate surface area is 175 Å². The quantitative estimate of drug-likeness (QED) is 0.759. The first kappa shape index (κ1) is 19.9. The van der Waals surface area contributed by atoms with Crippen molar-refractivity contribution in [1.82, 2.24) is 0 Å². The van der Waals surface area contributed by atoms with E-state index in [0.29, 0.717) is 17.7 Å². The standard InChI is InChI=1S/C23H25N3O4/c1-23(14-16-4-2-3-5-19(16)21(28)30-23)22(29)25-17-6-8-18(9-7-17)26-12-10-15(11-13-26)20(24)27/h2-9,15H,10-14H2,1H3,(H2,24,27)(H,25,29). The lowest BCUT2D eigenvalue weighted by Gasteiger charge is -2.33. The summed E-state index contributed by atoms with van der Waals surface area (Å²) in [5, 5.41) is 2.86. The van der Waals surface area contributed by atoms with Gasteiger partial charge in [-0.1, -0.05) is 18.2 Å². The van der Waals surface area contributed by atoms with E-state index in [4.69, 9.17) is 10.5 Å². The molecule has 0 spiro atoms. The van der Waals surface area contributed by atoms with Crippen molar-refractivity contribution in [1.29, 1.82) is 0 Å². The summed E-state index contributed by atoms with van der Waals surface area (Å²) in [4.78, 5) is 38.7. The molecule has 2 aliphatic rings. The number of hydrogen-bond donors (Lipinski definition) is 2. The average Bonchev–Trinajstić information content (AvgIpc) is 2.74. The predicted octanol–water partition coefficient (Wildman–Crippen LogP) is 2.50. The van der Waals surface area contributed by atoms with E-state index >= 15 is 0 Å². The van der Waals surface area contributed by atoms with Gasteiger partial charge >= 0.3 is 5.97 Å². The number of hydrogen-bond acceptors (Lipinski definition) is 5. The Morgan fingerprint density at radius 1 is 1.10 bits per heavy atom. The van der Waals surface area contributed by atoms with E-state index in [2.05, 4.69) is 10.2 Å². The van der Waals surface area contributed by atoms with Crippen LogP contribution < -0.4 is 16.0 Å². The molecule has 2 aromatic carbocycles. The van der Waals surface area contributed by atoms with E-state index in [1.807, 2.05) is 36.4 Å². The zero-order valence-electron chi connectivity index (χ0n) is 16.9. The number of cyclic esters (lactones) is 1. The molecule has 4 rings (SSSR count). The number of primary amides is 1. The van der Waals surface area contributed by atoms with Crippen molar-refractivity contribution < 1.29 is 19.1 Å². The molecule has 7 heteroatoms. The highest BCUT2D eigenvalue weighted by Gasteiger charge is 2.42. The number of amides is 2. The molecule has 1 unspecified atom stereocenters. The second-order valence-electron chi connectivity index (χ2n) is 8.12. The van der Waals surface area contributed by atoms with Crippen LogP contribution in [0.3, 0.4) is 0 Å². The maximum atomic E-state index is 12.9. The van der Waals surface area contributed by atoms with Gasteiger partial charge in [0.15, 0.2) is 5.60 Å². The fourth-order valence-electron chi connectivity index (χ4n) is 4.10. The Kier molecular flexibility index (Phi) is 5.20. The molecule has 2 heterocycles. The number of nitrogens with one attached hydrogen (secondary N) is 1. The molecular formula is C23H25N3O4. The molecule has 0 aliphatic carbocycles. The number of carbonyl (C=O) groups excluding carboxylic acids is 3. The fourth-order valence-corrected chi connectivity index (χ4v) is 4.10. The maximum Gasteiger partial charge on any atom is 0.339 e. The van der Waals surface area contributed by atoms with Crippen LogP contribution in [0, 0.1) is 5.92 Å². The zero-order valence-corrected chi connectivity index (χ0v) is 16.9. The normalized spacial score (nSPS) is 21.5. The van der Waals surface area contributed by atoms with Crippen LogP contribution >= 0.6 is 0 Å². The van der Waals surface area contributed by atoms with Crippen LogP contribution in [0.5, 0.6) is 0 Å². The predicted molar refractivity (Wildman–Crippen MR) is 113 cm³/mol. The smallest absolute Gasteiger partial charge is 0.339 e. The molecule has 1 saturated heterocycles. The summed E-state index contributed by atoms with van der Waals surface area (Å²) in [5.41, 5.74) is 7.11. The second kappa shape index (κ2) is 7.82. The van der Waals surface area contributed by atoms with Crippen molar-refractivity contribution >= 4 is 29.2 Å². The second-order valence-corrected chi connectivity index (χ2v) is 8.12. The van der Waals surface area contributed by atoms with Gasteiger partial charge in [-0.2, -0.15) is 0 Å². The molecule has 1 fully saturated rings. The molecule has 7 nitrogen and oxygen atoms in total. The summed E-state index contributed by atoms with van der Waals surface area (Å²) < 4.78 is 5.49. The van der Waals surface area contributed by atoms with E-state index in [9.17, 15) is 14.4 Å². The highest BCUT2D eigenvalue weighted by Crippen LogP contribution is 2.30. The van der Waals surface area contributed by atoms with Crippen molar-refractivity contribution in [2.24, 2.45) is 11.7 Å². The number of nitrogens with two attached hydrogens (primary N) is 1. The molecule has 0 aromatic heterocycles. The number of carbonyl (C=O) groups is 3. The minimum absolute atomic E-state index is 0.0520. The fraction of sp³-hybridized carbons (Fsp3) is 0.348. The molecule has 2 amide bonds. The Balaban J connectivity index is 1.41. The molecular weight excluding hydrogens is 382 g/mol. The van der Waals surface area contributed by atoms with Gasteiger partial charge in [-0.3, -0.25) is 9.59 Å². The lowest BCUT2D eigenvalue weighted by atomic mass is 9.89. The summed E-state index contributed by atoms with van der Waals surface area (Å²) in [7, 11) is 0. The van der Waals surface area contributed by atoms with Crippen molar-refractivity contribution in [3.05, 3.63) is 59.7 Å². The molecule has 0 radical (unpaired) electrons. The van der Waals surface area contributed by atoms with Crippen LogP contribution in [-0.4, -0.2) is 36.5 Å². The number of rotatable bonds is 4. The number of nitrogens with zero attached hydrogens (tertiary/aromatic N) is 1. The van der Waals surface area contributed by atoms with Crippen LogP contribution in [0.4, 0.5) is 11.4 Å².